The molecule has 0 saturated heterocycles. The van der Waals surface area contributed by atoms with Gasteiger partial charge in [-0.1, -0.05) is 6.07 Å². The SMILES string of the molecule is CC(C)n1cc(-c2ccc3oc(-c4ccnc(C(=O)O)c4)nc3c2)cn1. The molecule has 0 amide bonds. The minimum atomic E-state index is -1.09. The maximum atomic E-state index is 11.1. The maximum absolute atomic E-state index is 11.1. The highest BCUT2D eigenvalue weighted by atomic mass is 16.4. The predicted molar refractivity (Wildman–Crippen MR) is 95.8 cm³/mol. The van der Waals surface area contributed by atoms with Crippen LogP contribution in [0.4, 0.5) is 0 Å². The lowest BCUT2D eigenvalue weighted by atomic mass is 10.1. The molecule has 130 valence electrons. The van der Waals surface area contributed by atoms with Crippen molar-refractivity contribution in [1.82, 2.24) is 19.7 Å². The summed E-state index contributed by atoms with van der Waals surface area (Å²) in [6, 6.07) is 9.15. The van der Waals surface area contributed by atoms with E-state index in [1.807, 2.05) is 35.3 Å². The van der Waals surface area contributed by atoms with Crippen molar-refractivity contribution in [3.05, 3.63) is 54.6 Å². The lowest BCUT2D eigenvalue weighted by molar-refractivity contribution is 0.0690. The number of hydrogen-bond acceptors (Lipinski definition) is 5. The van der Waals surface area contributed by atoms with Crippen LogP contribution < -0.4 is 0 Å². The molecule has 0 radical (unpaired) electrons. The fourth-order valence-corrected chi connectivity index (χ4v) is 2.68. The minimum Gasteiger partial charge on any atom is -0.477 e. The van der Waals surface area contributed by atoms with Crippen molar-refractivity contribution in [1.29, 1.82) is 0 Å². The summed E-state index contributed by atoms with van der Waals surface area (Å²) in [6.07, 6.45) is 5.25. The zero-order valence-corrected chi connectivity index (χ0v) is 14.2. The molecular weight excluding hydrogens is 332 g/mol. The Bertz CT molecular complexity index is 1110. The van der Waals surface area contributed by atoms with E-state index in [2.05, 4.69) is 28.9 Å². The summed E-state index contributed by atoms with van der Waals surface area (Å²) in [4.78, 5) is 19.4. The van der Waals surface area contributed by atoms with Gasteiger partial charge in [-0.3, -0.25) is 4.68 Å². The molecule has 7 heteroatoms. The third-order valence-electron chi connectivity index (χ3n) is 4.08. The van der Waals surface area contributed by atoms with E-state index < -0.39 is 5.97 Å². The van der Waals surface area contributed by atoms with E-state index >= 15 is 0 Å². The van der Waals surface area contributed by atoms with Gasteiger partial charge in [-0.2, -0.15) is 5.10 Å². The molecule has 7 nitrogen and oxygen atoms in total. The minimum absolute atomic E-state index is 0.0495. The summed E-state index contributed by atoms with van der Waals surface area (Å²) < 4.78 is 7.67. The summed E-state index contributed by atoms with van der Waals surface area (Å²) in [5, 5.41) is 13.4. The van der Waals surface area contributed by atoms with E-state index in [4.69, 9.17) is 9.52 Å². The summed E-state index contributed by atoms with van der Waals surface area (Å²) in [7, 11) is 0. The Morgan fingerprint density at radius 1 is 1.15 bits per heavy atom. The van der Waals surface area contributed by atoms with Gasteiger partial charge in [0.05, 0.1) is 6.20 Å². The molecule has 4 aromatic rings. The fourth-order valence-electron chi connectivity index (χ4n) is 2.68. The number of oxazole rings is 1. The van der Waals surface area contributed by atoms with Crippen LogP contribution in [0.1, 0.15) is 30.4 Å². The summed E-state index contributed by atoms with van der Waals surface area (Å²) in [5.74, 6) is -0.729. The number of carboxylic acids is 1. The van der Waals surface area contributed by atoms with Crippen LogP contribution >= 0.6 is 0 Å². The molecule has 0 aliphatic carbocycles. The van der Waals surface area contributed by atoms with Crippen molar-refractivity contribution in [3.63, 3.8) is 0 Å². The number of aromatic nitrogens is 4. The van der Waals surface area contributed by atoms with Crippen LogP contribution in [0.25, 0.3) is 33.7 Å². The first-order valence-electron chi connectivity index (χ1n) is 8.16. The van der Waals surface area contributed by atoms with Crippen molar-refractivity contribution in [2.24, 2.45) is 0 Å². The Balaban J connectivity index is 1.74. The molecule has 0 aliphatic heterocycles. The van der Waals surface area contributed by atoms with E-state index in [1.165, 1.54) is 12.3 Å². The molecule has 0 unspecified atom stereocenters. The van der Waals surface area contributed by atoms with E-state index in [-0.39, 0.29) is 5.69 Å². The molecule has 0 fully saturated rings. The predicted octanol–water partition coefficient (Wildman–Crippen LogP) is 4.03. The van der Waals surface area contributed by atoms with Gasteiger partial charge in [0.2, 0.25) is 5.89 Å². The summed E-state index contributed by atoms with van der Waals surface area (Å²) in [6.45, 7) is 4.15. The highest BCUT2D eigenvalue weighted by molar-refractivity contribution is 5.87. The highest BCUT2D eigenvalue weighted by Gasteiger charge is 2.13. The van der Waals surface area contributed by atoms with Gasteiger partial charge in [0, 0.05) is 29.6 Å². The van der Waals surface area contributed by atoms with Crippen LogP contribution in [0.2, 0.25) is 0 Å². The van der Waals surface area contributed by atoms with Gasteiger partial charge in [0.1, 0.15) is 11.2 Å². The lowest BCUT2D eigenvalue weighted by Crippen LogP contribution is -1.99. The van der Waals surface area contributed by atoms with Gasteiger partial charge in [-0.05, 0) is 43.7 Å². The number of aromatic carboxylic acids is 1. The third-order valence-corrected chi connectivity index (χ3v) is 4.08. The zero-order chi connectivity index (χ0) is 18.3. The molecule has 0 aliphatic rings. The van der Waals surface area contributed by atoms with Crippen molar-refractivity contribution < 1.29 is 14.3 Å². The van der Waals surface area contributed by atoms with Crippen molar-refractivity contribution in [3.8, 4) is 22.6 Å². The Hall–Kier alpha value is -3.48. The Morgan fingerprint density at radius 3 is 2.73 bits per heavy atom. The molecule has 0 atom stereocenters. The molecule has 1 N–H and O–H groups in total. The molecule has 0 spiro atoms. The third kappa shape index (κ3) is 2.83. The Kier molecular flexibility index (Phi) is 3.76. The number of pyridine rings is 1. The number of carbonyl (C=O) groups is 1. The molecular formula is C19H16N4O3. The number of nitrogens with zero attached hydrogens (tertiary/aromatic N) is 4. The number of benzene rings is 1. The lowest BCUT2D eigenvalue weighted by Gasteiger charge is -2.03. The second-order valence-electron chi connectivity index (χ2n) is 6.24. The molecule has 4 rings (SSSR count). The maximum Gasteiger partial charge on any atom is 0.354 e. The van der Waals surface area contributed by atoms with E-state index in [0.29, 0.717) is 28.6 Å². The number of rotatable bonds is 4. The average molecular weight is 348 g/mol. The normalized spacial score (nSPS) is 11.3. The monoisotopic (exact) mass is 348 g/mol. The van der Waals surface area contributed by atoms with E-state index in [1.54, 1.807) is 6.07 Å². The quantitative estimate of drug-likeness (QED) is 0.598. The van der Waals surface area contributed by atoms with E-state index in [9.17, 15) is 4.79 Å². The molecule has 0 bridgehead atoms. The summed E-state index contributed by atoms with van der Waals surface area (Å²) in [5.41, 5.74) is 3.85. The van der Waals surface area contributed by atoms with Crippen molar-refractivity contribution in [2.45, 2.75) is 19.9 Å². The average Bonchev–Trinajstić information content (AvgIpc) is 3.28. The van der Waals surface area contributed by atoms with Gasteiger partial charge in [0.15, 0.2) is 5.58 Å². The molecule has 0 saturated carbocycles. The number of carboxylic acid groups (broad SMARTS) is 1. The Morgan fingerprint density at radius 2 is 2.00 bits per heavy atom. The van der Waals surface area contributed by atoms with Crippen molar-refractivity contribution >= 4 is 17.1 Å². The van der Waals surface area contributed by atoms with Gasteiger partial charge >= 0.3 is 5.97 Å². The largest absolute Gasteiger partial charge is 0.477 e. The molecule has 26 heavy (non-hydrogen) atoms. The standard InChI is InChI=1S/C19H16N4O3/c1-11(2)23-10-14(9-21-23)12-3-4-17-15(7-12)22-18(26-17)13-5-6-20-16(8-13)19(24)25/h3-11H,1-2H3,(H,24,25). The number of fused-ring (bicyclic) bond motifs is 1. The van der Waals surface area contributed by atoms with Crippen LogP contribution in [0.15, 0.2) is 53.3 Å². The smallest absolute Gasteiger partial charge is 0.354 e. The summed E-state index contributed by atoms with van der Waals surface area (Å²) >= 11 is 0. The Labute approximate surface area is 148 Å². The van der Waals surface area contributed by atoms with Crippen LogP contribution in [-0.4, -0.2) is 30.8 Å². The highest BCUT2D eigenvalue weighted by Crippen LogP contribution is 2.28. The van der Waals surface area contributed by atoms with Crippen LogP contribution in [0.5, 0.6) is 0 Å². The molecule has 1 aromatic carbocycles. The molecule has 3 aromatic heterocycles. The number of hydrogen-bond donors (Lipinski definition) is 1. The first-order valence-corrected chi connectivity index (χ1v) is 8.16. The van der Waals surface area contributed by atoms with Gasteiger partial charge < -0.3 is 9.52 Å². The van der Waals surface area contributed by atoms with Crippen LogP contribution in [-0.2, 0) is 0 Å². The van der Waals surface area contributed by atoms with Gasteiger partial charge in [0.25, 0.3) is 0 Å². The van der Waals surface area contributed by atoms with Crippen LogP contribution in [0, 0.1) is 0 Å². The topological polar surface area (TPSA) is 94.0 Å². The van der Waals surface area contributed by atoms with Gasteiger partial charge in [-0.25, -0.2) is 14.8 Å². The molecule has 3 heterocycles. The fraction of sp³-hybridized carbons (Fsp3) is 0.158. The second-order valence-corrected chi connectivity index (χ2v) is 6.24. The van der Waals surface area contributed by atoms with Gasteiger partial charge in [-0.15, -0.1) is 0 Å². The van der Waals surface area contributed by atoms with Crippen molar-refractivity contribution in [2.75, 3.05) is 0 Å². The zero-order valence-electron chi connectivity index (χ0n) is 14.2. The van der Waals surface area contributed by atoms with Crippen LogP contribution in [0.3, 0.4) is 0 Å². The first-order chi connectivity index (χ1) is 12.5. The first kappa shape index (κ1) is 16.0. The van der Waals surface area contributed by atoms with E-state index in [0.717, 1.165) is 11.1 Å². The second kappa shape index (κ2) is 6.11.